The largest absolute Gasteiger partial charge is 0.417 e. The molecule has 4 rings (SSSR count). The zero-order valence-corrected chi connectivity index (χ0v) is 20.3. The molecule has 0 aliphatic carbocycles. The topological polar surface area (TPSA) is 46.1 Å². The lowest BCUT2D eigenvalue weighted by molar-refractivity contribution is -0.137. The Balaban J connectivity index is 1.58. The predicted octanol–water partition coefficient (Wildman–Crippen LogP) is 6.65. The van der Waals surface area contributed by atoms with Crippen molar-refractivity contribution in [2.24, 2.45) is 5.92 Å². The number of halogens is 3. The fraction of sp³-hybridized carbons (Fsp3) is 0.393. The van der Waals surface area contributed by atoms with Gasteiger partial charge in [0.05, 0.1) is 11.3 Å². The molecule has 1 amide bonds. The number of pyridine rings is 2. The molecule has 2 atom stereocenters. The van der Waals surface area contributed by atoms with E-state index in [9.17, 15) is 18.0 Å². The molecule has 1 fully saturated rings. The van der Waals surface area contributed by atoms with Gasteiger partial charge in [-0.1, -0.05) is 30.7 Å². The Kier molecular flexibility index (Phi) is 7.24. The highest BCUT2D eigenvalue weighted by Gasteiger charge is 2.34. The summed E-state index contributed by atoms with van der Waals surface area (Å²) in [6, 6.07) is 12.3. The summed E-state index contributed by atoms with van der Waals surface area (Å²) < 4.78 is 38.6. The van der Waals surface area contributed by atoms with Gasteiger partial charge in [-0.15, -0.1) is 0 Å². The number of alkyl halides is 3. The minimum absolute atomic E-state index is 0.0142. The van der Waals surface area contributed by atoms with Crippen molar-refractivity contribution in [3.05, 3.63) is 82.8 Å². The van der Waals surface area contributed by atoms with Crippen molar-refractivity contribution in [2.45, 2.75) is 58.7 Å². The Morgan fingerprint density at radius 2 is 1.80 bits per heavy atom. The van der Waals surface area contributed by atoms with Crippen LogP contribution < -0.4 is 0 Å². The third-order valence-electron chi connectivity index (χ3n) is 6.82. The smallest absolute Gasteiger partial charge is 0.335 e. The Hall–Kier alpha value is -3.22. The fourth-order valence-corrected chi connectivity index (χ4v) is 4.82. The second-order valence-corrected chi connectivity index (χ2v) is 9.53. The van der Waals surface area contributed by atoms with E-state index in [2.05, 4.69) is 16.9 Å². The summed E-state index contributed by atoms with van der Waals surface area (Å²) in [5.74, 6) is 0.260. The second kappa shape index (κ2) is 10.2. The lowest BCUT2D eigenvalue weighted by Crippen LogP contribution is -2.48. The zero-order valence-electron chi connectivity index (χ0n) is 20.3. The van der Waals surface area contributed by atoms with Gasteiger partial charge in [0.1, 0.15) is 0 Å². The lowest BCUT2D eigenvalue weighted by Gasteiger charge is -2.40. The molecule has 7 heteroatoms. The van der Waals surface area contributed by atoms with Gasteiger partial charge in [0.2, 0.25) is 0 Å². The van der Waals surface area contributed by atoms with E-state index in [1.807, 2.05) is 49.1 Å². The Labute approximate surface area is 204 Å². The summed E-state index contributed by atoms with van der Waals surface area (Å²) in [7, 11) is 0. The number of aryl methyl sites for hydroxylation is 3. The average molecular weight is 482 g/mol. The van der Waals surface area contributed by atoms with Gasteiger partial charge < -0.3 is 4.90 Å². The van der Waals surface area contributed by atoms with Crippen molar-refractivity contribution in [1.82, 2.24) is 14.9 Å². The Morgan fingerprint density at radius 1 is 1.03 bits per heavy atom. The number of benzene rings is 1. The first kappa shape index (κ1) is 24.9. The molecule has 0 saturated carbocycles. The van der Waals surface area contributed by atoms with E-state index in [0.717, 1.165) is 47.5 Å². The molecule has 1 aromatic carbocycles. The molecule has 0 unspecified atom stereocenters. The third-order valence-corrected chi connectivity index (χ3v) is 6.82. The van der Waals surface area contributed by atoms with Crippen molar-refractivity contribution in [2.75, 3.05) is 6.54 Å². The predicted molar refractivity (Wildman–Crippen MR) is 130 cm³/mol. The number of likely N-dealkylation sites (tertiary alicyclic amines) is 1. The van der Waals surface area contributed by atoms with E-state index in [0.29, 0.717) is 30.6 Å². The normalized spacial score (nSPS) is 18.5. The van der Waals surface area contributed by atoms with Gasteiger partial charge in [-0.25, -0.2) is 0 Å². The van der Waals surface area contributed by atoms with Crippen LogP contribution in [0.2, 0.25) is 0 Å². The summed E-state index contributed by atoms with van der Waals surface area (Å²) in [6.07, 6.45) is 1.38. The number of piperidine rings is 1. The fourth-order valence-electron chi connectivity index (χ4n) is 4.82. The van der Waals surface area contributed by atoms with E-state index in [4.69, 9.17) is 0 Å². The standard InChI is InChI=1S/C28H30F3N3O/c1-18-6-11-23(25-12-7-19(2)16-33-25)24(15-18)27(35)34-14-4-5-20(3)26(34)13-10-22-9-8-21(17-32-22)28(29,30)31/h6-9,11-12,15-17,20,26H,4-5,10,13-14H2,1-3H3/t20-,26-/m1/s1. The number of hydrogen-bond acceptors (Lipinski definition) is 3. The maximum Gasteiger partial charge on any atom is 0.417 e. The van der Waals surface area contributed by atoms with Crippen LogP contribution in [0.1, 0.15) is 58.9 Å². The van der Waals surface area contributed by atoms with E-state index in [1.165, 1.54) is 6.07 Å². The number of amides is 1. The van der Waals surface area contributed by atoms with E-state index in [1.54, 1.807) is 6.20 Å². The summed E-state index contributed by atoms with van der Waals surface area (Å²) in [5, 5.41) is 0. The number of rotatable bonds is 5. The van der Waals surface area contributed by atoms with Gasteiger partial charge in [-0.05, 0) is 75.3 Å². The highest BCUT2D eigenvalue weighted by atomic mass is 19.4. The monoisotopic (exact) mass is 481 g/mol. The molecule has 184 valence electrons. The minimum Gasteiger partial charge on any atom is -0.335 e. The second-order valence-electron chi connectivity index (χ2n) is 9.53. The highest BCUT2D eigenvalue weighted by Crippen LogP contribution is 2.32. The van der Waals surface area contributed by atoms with Crippen LogP contribution in [0.4, 0.5) is 13.2 Å². The zero-order chi connectivity index (χ0) is 25.2. The molecule has 0 bridgehead atoms. The Bertz CT molecular complexity index is 1170. The van der Waals surface area contributed by atoms with Gasteiger partial charge in [-0.3, -0.25) is 14.8 Å². The van der Waals surface area contributed by atoms with Crippen LogP contribution in [-0.4, -0.2) is 33.4 Å². The molecule has 0 spiro atoms. The molecule has 0 N–H and O–H groups in total. The van der Waals surface area contributed by atoms with Crippen molar-refractivity contribution < 1.29 is 18.0 Å². The number of hydrogen-bond donors (Lipinski definition) is 0. The minimum atomic E-state index is -4.40. The van der Waals surface area contributed by atoms with Crippen LogP contribution in [0.3, 0.4) is 0 Å². The van der Waals surface area contributed by atoms with Crippen LogP contribution in [0, 0.1) is 19.8 Å². The van der Waals surface area contributed by atoms with E-state index in [-0.39, 0.29) is 17.9 Å². The number of nitrogens with zero attached hydrogens (tertiary/aromatic N) is 3. The quantitative estimate of drug-likeness (QED) is 0.410. The molecule has 1 saturated heterocycles. The van der Waals surface area contributed by atoms with Crippen LogP contribution in [0.25, 0.3) is 11.3 Å². The van der Waals surface area contributed by atoms with Crippen LogP contribution in [0.15, 0.2) is 54.9 Å². The first-order valence-electron chi connectivity index (χ1n) is 12.0. The first-order valence-corrected chi connectivity index (χ1v) is 12.0. The number of aromatic nitrogens is 2. The molecule has 1 aliphatic heterocycles. The lowest BCUT2D eigenvalue weighted by atomic mass is 9.86. The van der Waals surface area contributed by atoms with E-state index < -0.39 is 11.7 Å². The number of carbonyl (C=O) groups excluding carboxylic acids is 1. The molecule has 0 radical (unpaired) electrons. The van der Waals surface area contributed by atoms with Gasteiger partial charge in [0.25, 0.3) is 5.91 Å². The Morgan fingerprint density at radius 3 is 2.46 bits per heavy atom. The SMILES string of the molecule is Cc1ccc(-c2ccc(C)cc2C(=O)N2CCC[C@@H](C)[C@H]2CCc2ccc(C(F)(F)F)cn2)nc1. The van der Waals surface area contributed by atoms with Gasteiger partial charge in [-0.2, -0.15) is 13.2 Å². The molecular formula is C28H30F3N3O. The van der Waals surface area contributed by atoms with Crippen molar-refractivity contribution in [3.63, 3.8) is 0 Å². The van der Waals surface area contributed by atoms with Crippen molar-refractivity contribution in [3.8, 4) is 11.3 Å². The molecule has 4 nitrogen and oxygen atoms in total. The van der Waals surface area contributed by atoms with Crippen molar-refractivity contribution in [1.29, 1.82) is 0 Å². The van der Waals surface area contributed by atoms with Crippen LogP contribution in [-0.2, 0) is 12.6 Å². The summed E-state index contributed by atoms with van der Waals surface area (Å²) in [5.41, 5.74) is 4.10. The molecule has 3 heterocycles. The molecule has 2 aromatic heterocycles. The summed E-state index contributed by atoms with van der Waals surface area (Å²) in [4.78, 5) is 24.4. The van der Waals surface area contributed by atoms with Gasteiger partial charge in [0, 0.05) is 41.8 Å². The van der Waals surface area contributed by atoms with E-state index >= 15 is 0 Å². The number of carbonyl (C=O) groups is 1. The third kappa shape index (κ3) is 5.72. The summed E-state index contributed by atoms with van der Waals surface area (Å²) >= 11 is 0. The first-order chi connectivity index (χ1) is 16.6. The highest BCUT2D eigenvalue weighted by molar-refractivity contribution is 6.01. The molecule has 3 aromatic rings. The molecular weight excluding hydrogens is 451 g/mol. The molecule has 35 heavy (non-hydrogen) atoms. The summed E-state index contributed by atoms with van der Waals surface area (Å²) in [6.45, 7) is 6.74. The maximum atomic E-state index is 13.9. The van der Waals surface area contributed by atoms with Gasteiger partial charge in [0.15, 0.2) is 0 Å². The average Bonchev–Trinajstić information content (AvgIpc) is 2.83. The van der Waals surface area contributed by atoms with Crippen LogP contribution in [0.5, 0.6) is 0 Å². The van der Waals surface area contributed by atoms with Crippen LogP contribution >= 0.6 is 0 Å². The van der Waals surface area contributed by atoms with Crippen molar-refractivity contribution >= 4 is 5.91 Å². The molecule has 1 aliphatic rings. The maximum absolute atomic E-state index is 13.9. The van der Waals surface area contributed by atoms with Gasteiger partial charge >= 0.3 is 6.18 Å².